The second-order valence-electron chi connectivity index (χ2n) is 7.33. The minimum absolute atomic E-state index is 0.158. The standard InChI is InChI=1S/C19H26N4OS/c1-12-20-18(23-10-8-14(9-11-23)22(3)13(2)24)17-15-6-4-5-7-16(15)25-19(17)21-12/h14H,4-11H2,1-3H3. The van der Waals surface area contributed by atoms with Crippen LogP contribution >= 0.6 is 11.3 Å². The van der Waals surface area contributed by atoms with Crippen molar-refractivity contribution in [3.8, 4) is 0 Å². The monoisotopic (exact) mass is 358 g/mol. The van der Waals surface area contributed by atoms with E-state index < -0.39 is 0 Å². The van der Waals surface area contributed by atoms with E-state index in [-0.39, 0.29) is 5.91 Å². The Morgan fingerprint density at radius 1 is 1.20 bits per heavy atom. The zero-order valence-electron chi connectivity index (χ0n) is 15.3. The molecule has 0 bridgehead atoms. The van der Waals surface area contributed by atoms with Crippen molar-refractivity contribution in [3.63, 3.8) is 0 Å². The topological polar surface area (TPSA) is 49.3 Å². The van der Waals surface area contributed by atoms with Crippen LogP contribution in [0, 0.1) is 6.92 Å². The van der Waals surface area contributed by atoms with E-state index in [0.717, 1.165) is 48.8 Å². The number of aromatic nitrogens is 2. The smallest absolute Gasteiger partial charge is 0.219 e. The molecule has 5 nitrogen and oxygen atoms in total. The highest BCUT2D eigenvalue weighted by atomic mass is 32.1. The summed E-state index contributed by atoms with van der Waals surface area (Å²) >= 11 is 1.87. The fraction of sp³-hybridized carbons (Fsp3) is 0.632. The summed E-state index contributed by atoms with van der Waals surface area (Å²) in [5, 5.41) is 1.31. The van der Waals surface area contributed by atoms with E-state index >= 15 is 0 Å². The zero-order valence-corrected chi connectivity index (χ0v) is 16.2. The second-order valence-corrected chi connectivity index (χ2v) is 8.42. The average molecular weight is 359 g/mol. The summed E-state index contributed by atoms with van der Waals surface area (Å²) in [6.07, 6.45) is 6.94. The van der Waals surface area contributed by atoms with E-state index in [1.54, 1.807) is 6.92 Å². The van der Waals surface area contributed by atoms with Gasteiger partial charge in [-0.2, -0.15) is 0 Å². The lowest BCUT2D eigenvalue weighted by Crippen LogP contribution is -2.45. The predicted molar refractivity (Wildman–Crippen MR) is 102 cm³/mol. The second kappa shape index (κ2) is 6.56. The molecular formula is C19H26N4OS. The van der Waals surface area contributed by atoms with Gasteiger partial charge in [0.25, 0.3) is 0 Å². The van der Waals surface area contributed by atoms with E-state index in [1.807, 2.05) is 30.2 Å². The van der Waals surface area contributed by atoms with Crippen molar-refractivity contribution in [2.24, 2.45) is 0 Å². The number of amides is 1. The number of anilines is 1. The molecule has 25 heavy (non-hydrogen) atoms. The van der Waals surface area contributed by atoms with Crippen LogP contribution < -0.4 is 4.90 Å². The molecular weight excluding hydrogens is 332 g/mol. The summed E-state index contributed by atoms with van der Waals surface area (Å²) in [5.74, 6) is 2.15. The largest absolute Gasteiger partial charge is 0.356 e. The molecule has 3 heterocycles. The summed E-state index contributed by atoms with van der Waals surface area (Å²) in [7, 11) is 1.92. The highest BCUT2D eigenvalue weighted by Gasteiger charge is 2.28. The molecule has 1 amide bonds. The van der Waals surface area contributed by atoms with Crippen molar-refractivity contribution in [3.05, 3.63) is 16.3 Å². The molecule has 4 rings (SSSR count). The predicted octanol–water partition coefficient (Wildman–Crippen LogP) is 3.33. The Morgan fingerprint density at radius 2 is 1.92 bits per heavy atom. The van der Waals surface area contributed by atoms with Crippen LogP contribution in [0.4, 0.5) is 5.82 Å². The first-order valence-corrected chi connectivity index (χ1v) is 10.1. The minimum atomic E-state index is 0.158. The molecule has 2 aromatic rings. The fourth-order valence-electron chi connectivity index (χ4n) is 4.19. The van der Waals surface area contributed by atoms with E-state index in [4.69, 9.17) is 9.97 Å². The van der Waals surface area contributed by atoms with E-state index in [2.05, 4.69) is 4.90 Å². The molecule has 0 aromatic carbocycles. The van der Waals surface area contributed by atoms with Crippen molar-refractivity contribution >= 4 is 33.3 Å². The number of piperidine rings is 1. The van der Waals surface area contributed by atoms with Crippen LogP contribution in [-0.4, -0.2) is 47.0 Å². The molecule has 1 fully saturated rings. The van der Waals surface area contributed by atoms with E-state index in [1.165, 1.54) is 35.1 Å². The summed E-state index contributed by atoms with van der Waals surface area (Å²) in [4.78, 5) is 28.2. The van der Waals surface area contributed by atoms with Crippen LogP contribution in [0.2, 0.25) is 0 Å². The number of thiophene rings is 1. The number of hydrogen-bond acceptors (Lipinski definition) is 5. The maximum Gasteiger partial charge on any atom is 0.219 e. The van der Waals surface area contributed by atoms with Gasteiger partial charge in [0.1, 0.15) is 16.5 Å². The van der Waals surface area contributed by atoms with Crippen molar-refractivity contribution < 1.29 is 4.79 Å². The first-order chi connectivity index (χ1) is 12.0. The molecule has 0 atom stereocenters. The molecule has 2 aromatic heterocycles. The number of aryl methyl sites for hydroxylation is 3. The third-order valence-electron chi connectivity index (χ3n) is 5.72. The fourth-order valence-corrected chi connectivity index (χ4v) is 5.49. The van der Waals surface area contributed by atoms with Crippen molar-refractivity contribution in [1.29, 1.82) is 0 Å². The van der Waals surface area contributed by atoms with Gasteiger partial charge in [-0.15, -0.1) is 11.3 Å². The van der Waals surface area contributed by atoms with Gasteiger partial charge in [-0.25, -0.2) is 9.97 Å². The van der Waals surface area contributed by atoms with Gasteiger partial charge >= 0.3 is 0 Å². The third kappa shape index (κ3) is 3.01. The normalized spacial score (nSPS) is 18.4. The lowest BCUT2D eigenvalue weighted by Gasteiger charge is -2.37. The average Bonchev–Trinajstić information content (AvgIpc) is 2.98. The summed E-state index contributed by atoms with van der Waals surface area (Å²) in [5.41, 5.74) is 1.50. The lowest BCUT2D eigenvalue weighted by atomic mass is 9.96. The van der Waals surface area contributed by atoms with Gasteiger partial charge < -0.3 is 9.80 Å². The summed E-state index contributed by atoms with van der Waals surface area (Å²) < 4.78 is 0. The molecule has 1 aliphatic heterocycles. The van der Waals surface area contributed by atoms with Gasteiger partial charge in [0.2, 0.25) is 5.91 Å². The van der Waals surface area contributed by atoms with Crippen LogP contribution in [0.1, 0.15) is 48.9 Å². The Balaban J connectivity index is 1.66. The summed E-state index contributed by atoms with van der Waals surface area (Å²) in [6.45, 7) is 5.57. The minimum Gasteiger partial charge on any atom is -0.356 e. The van der Waals surface area contributed by atoms with E-state index in [0.29, 0.717) is 6.04 Å². The van der Waals surface area contributed by atoms with Crippen molar-refractivity contribution in [1.82, 2.24) is 14.9 Å². The van der Waals surface area contributed by atoms with Gasteiger partial charge in [0.05, 0.1) is 5.39 Å². The third-order valence-corrected chi connectivity index (χ3v) is 6.90. The molecule has 1 aliphatic carbocycles. The number of fused-ring (bicyclic) bond motifs is 3. The Hall–Kier alpha value is -1.69. The number of rotatable bonds is 2. The van der Waals surface area contributed by atoms with Crippen LogP contribution in [0.25, 0.3) is 10.2 Å². The van der Waals surface area contributed by atoms with Crippen LogP contribution in [0.3, 0.4) is 0 Å². The van der Waals surface area contributed by atoms with Gasteiger partial charge in [-0.3, -0.25) is 4.79 Å². The zero-order chi connectivity index (χ0) is 17.6. The highest BCUT2D eigenvalue weighted by molar-refractivity contribution is 7.19. The summed E-state index contributed by atoms with van der Waals surface area (Å²) in [6, 6.07) is 0.351. The van der Waals surface area contributed by atoms with Crippen LogP contribution in [-0.2, 0) is 17.6 Å². The molecule has 2 aliphatic rings. The van der Waals surface area contributed by atoms with Crippen LogP contribution in [0.15, 0.2) is 0 Å². The molecule has 0 unspecified atom stereocenters. The Labute approximate surface area is 153 Å². The Bertz CT molecular complexity index is 807. The van der Waals surface area contributed by atoms with Gasteiger partial charge in [0.15, 0.2) is 0 Å². The maximum atomic E-state index is 11.6. The lowest BCUT2D eigenvalue weighted by molar-refractivity contribution is -0.129. The Kier molecular flexibility index (Phi) is 4.40. The molecule has 0 spiro atoms. The number of nitrogens with zero attached hydrogens (tertiary/aromatic N) is 4. The number of hydrogen-bond donors (Lipinski definition) is 0. The Morgan fingerprint density at radius 3 is 2.64 bits per heavy atom. The molecule has 134 valence electrons. The molecule has 0 N–H and O–H groups in total. The van der Waals surface area contributed by atoms with Gasteiger partial charge in [-0.05, 0) is 51.0 Å². The van der Waals surface area contributed by atoms with Crippen LogP contribution in [0.5, 0.6) is 0 Å². The first kappa shape index (κ1) is 16.8. The highest BCUT2D eigenvalue weighted by Crippen LogP contribution is 2.40. The molecule has 1 saturated heterocycles. The van der Waals surface area contributed by atoms with Gasteiger partial charge in [-0.1, -0.05) is 0 Å². The number of carbonyl (C=O) groups excluding carboxylic acids is 1. The van der Waals surface area contributed by atoms with Gasteiger partial charge in [0, 0.05) is 38.0 Å². The first-order valence-electron chi connectivity index (χ1n) is 9.32. The number of carbonyl (C=O) groups is 1. The quantitative estimate of drug-likeness (QED) is 0.826. The molecule has 6 heteroatoms. The van der Waals surface area contributed by atoms with Crippen molar-refractivity contribution in [2.45, 2.75) is 58.4 Å². The van der Waals surface area contributed by atoms with E-state index in [9.17, 15) is 4.79 Å². The molecule has 0 radical (unpaired) electrons. The van der Waals surface area contributed by atoms with Crippen molar-refractivity contribution in [2.75, 3.05) is 25.0 Å². The maximum absolute atomic E-state index is 11.6. The molecule has 0 saturated carbocycles. The SMILES string of the molecule is CC(=O)N(C)C1CCN(c2nc(C)nc3sc4c(c23)CCCC4)CC1.